The molecule has 20 heavy (non-hydrogen) atoms. The molecule has 1 fully saturated rings. The first-order chi connectivity index (χ1) is 9.61. The fraction of sp³-hybridized carbons (Fsp3) is 0.647. The zero-order valence-corrected chi connectivity index (χ0v) is 12.8. The van der Waals surface area contributed by atoms with Crippen molar-refractivity contribution in [2.24, 2.45) is 5.92 Å². The quantitative estimate of drug-likeness (QED) is 0.838. The summed E-state index contributed by atoms with van der Waals surface area (Å²) in [6.45, 7) is 4.33. The number of benzene rings is 1. The number of hydrogen-bond donors (Lipinski definition) is 2. The lowest BCUT2D eigenvalue weighted by atomic mass is 9.92. The van der Waals surface area contributed by atoms with Crippen LogP contribution in [0, 0.1) is 5.92 Å². The first-order valence-electron chi connectivity index (χ1n) is 7.70. The molecule has 2 atom stereocenters. The molecule has 1 aromatic carbocycles. The summed E-state index contributed by atoms with van der Waals surface area (Å²) in [6, 6.07) is 8.39. The standard InChI is InChI=1S/C17H27NO2/c1-12(2)16(18-14-8-4-5-9-14)17(19)13-7-6-10-15(11-13)20-3/h6-7,10-12,14,16-19H,4-5,8-9H2,1-3H3. The lowest BCUT2D eigenvalue weighted by molar-refractivity contribution is 0.0978. The molecule has 2 unspecified atom stereocenters. The first-order valence-corrected chi connectivity index (χ1v) is 7.70. The Hall–Kier alpha value is -1.06. The highest BCUT2D eigenvalue weighted by Crippen LogP contribution is 2.27. The zero-order chi connectivity index (χ0) is 14.5. The van der Waals surface area contributed by atoms with Gasteiger partial charge >= 0.3 is 0 Å². The van der Waals surface area contributed by atoms with Crippen molar-refractivity contribution in [1.29, 1.82) is 0 Å². The molecule has 112 valence electrons. The van der Waals surface area contributed by atoms with E-state index >= 15 is 0 Å². The van der Waals surface area contributed by atoms with Crippen molar-refractivity contribution in [3.8, 4) is 5.75 Å². The van der Waals surface area contributed by atoms with Crippen LogP contribution in [-0.4, -0.2) is 24.3 Å². The molecule has 1 aromatic rings. The van der Waals surface area contributed by atoms with E-state index in [0.29, 0.717) is 12.0 Å². The molecule has 1 aliphatic rings. The van der Waals surface area contributed by atoms with Crippen LogP contribution in [0.4, 0.5) is 0 Å². The second-order valence-corrected chi connectivity index (χ2v) is 6.14. The van der Waals surface area contributed by atoms with Gasteiger partial charge in [0, 0.05) is 12.1 Å². The van der Waals surface area contributed by atoms with Gasteiger partial charge in [-0.25, -0.2) is 0 Å². The molecular formula is C17H27NO2. The van der Waals surface area contributed by atoms with Crippen LogP contribution in [-0.2, 0) is 0 Å². The lowest BCUT2D eigenvalue weighted by Crippen LogP contribution is -2.44. The van der Waals surface area contributed by atoms with E-state index < -0.39 is 6.10 Å². The van der Waals surface area contributed by atoms with Gasteiger partial charge in [-0.3, -0.25) is 0 Å². The van der Waals surface area contributed by atoms with Crippen LogP contribution in [0.3, 0.4) is 0 Å². The topological polar surface area (TPSA) is 41.5 Å². The maximum Gasteiger partial charge on any atom is 0.119 e. The monoisotopic (exact) mass is 277 g/mol. The summed E-state index contributed by atoms with van der Waals surface area (Å²) in [4.78, 5) is 0. The van der Waals surface area contributed by atoms with Crippen molar-refractivity contribution >= 4 is 0 Å². The molecule has 0 heterocycles. The van der Waals surface area contributed by atoms with Crippen LogP contribution < -0.4 is 10.1 Å². The molecular weight excluding hydrogens is 250 g/mol. The molecule has 0 radical (unpaired) electrons. The Morgan fingerprint density at radius 3 is 2.55 bits per heavy atom. The summed E-state index contributed by atoms with van der Waals surface area (Å²) >= 11 is 0. The lowest BCUT2D eigenvalue weighted by Gasteiger charge is -2.31. The van der Waals surface area contributed by atoms with Crippen molar-refractivity contribution in [2.45, 2.75) is 57.7 Å². The van der Waals surface area contributed by atoms with Gasteiger partial charge in [-0.2, -0.15) is 0 Å². The Morgan fingerprint density at radius 1 is 1.25 bits per heavy atom. The largest absolute Gasteiger partial charge is 0.497 e. The highest BCUT2D eigenvalue weighted by atomic mass is 16.5. The maximum absolute atomic E-state index is 10.7. The number of hydrogen-bond acceptors (Lipinski definition) is 3. The molecule has 0 bridgehead atoms. The first kappa shape index (κ1) is 15.3. The fourth-order valence-corrected chi connectivity index (χ4v) is 3.05. The van der Waals surface area contributed by atoms with Gasteiger partial charge in [0.15, 0.2) is 0 Å². The maximum atomic E-state index is 10.7. The molecule has 2 rings (SSSR count). The third-order valence-electron chi connectivity index (χ3n) is 4.28. The molecule has 2 N–H and O–H groups in total. The van der Waals surface area contributed by atoms with Gasteiger partial charge in [0.25, 0.3) is 0 Å². The van der Waals surface area contributed by atoms with Gasteiger partial charge in [0.1, 0.15) is 5.75 Å². The summed E-state index contributed by atoms with van der Waals surface area (Å²) < 4.78 is 5.25. The average Bonchev–Trinajstić information content (AvgIpc) is 2.97. The Balaban J connectivity index is 2.10. The summed E-state index contributed by atoms with van der Waals surface area (Å²) in [5.41, 5.74) is 0.925. The molecule has 0 amide bonds. The number of ether oxygens (including phenoxy) is 1. The second kappa shape index (κ2) is 7.09. The van der Waals surface area contributed by atoms with Gasteiger partial charge in [0.2, 0.25) is 0 Å². The van der Waals surface area contributed by atoms with Crippen molar-refractivity contribution in [1.82, 2.24) is 5.32 Å². The van der Waals surface area contributed by atoms with Gasteiger partial charge in [-0.1, -0.05) is 38.8 Å². The van der Waals surface area contributed by atoms with Crippen LogP contribution in [0.15, 0.2) is 24.3 Å². The number of nitrogens with one attached hydrogen (secondary N) is 1. The SMILES string of the molecule is COc1cccc(C(O)C(NC2CCCC2)C(C)C)c1. The number of aliphatic hydroxyl groups is 1. The van der Waals surface area contributed by atoms with E-state index in [9.17, 15) is 5.11 Å². The minimum atomic E-state index is -0.495. The molecule has 3 heteroatoms. The second-order valence-electron chi connectivity index (χ2n) is 6.14. The predicted octanol–water partition coefficient (Wildman–Crippen LogP) is 3.29. The molecule has 3 nitrogen and oxygen atoms in total. The highest BCUT2D eigenvalue weighted by molar-refractivity contribution is 5.30. The third kappa shape index (κ3) is 3.74. The summed E-state index contributed by atoms with van der Waals surface area (Å²) in [7, 11) is 1.65. The molecule has 0 saturated heterocycles. The summed E-state index contributed by atoms with van der Waals surface area (Å²) in [5.74, 6) is 1.18. The fourth-order valence-electron chi connectivity index (χ4n) is 3.05. The van der Waals surface area contributed by atoms with Crippen LogP contribution in [0.25, 0.3) is 0 Å². The summed E-state index contributed by atoms with van der Waals surface area (Å²) in [5, 5.41) is 14.4. The van der Waals surface area contributed by atoms with Crippen LogP contribution in [0.2, 0.25) is 0 Å². The van der Waals surface area contributed by atoms with E-state index in [2.05, 4.69) is 19.2 Å². The smallest absolute Gasteiger partial charge is 0.119 e. The van der Waals surface area contributed by atoms with Gasteiger partial charge in [0.05, 0.1) is 13.2 Å². The molecule has 1 aliphatic carbocycles. The normalized spacial score (nSPS) is 19.2. The average molecular weight is 277 g/mol. The van der Waals surface area contributed by atoms with E-state index in [1.165, 1.54) is 25.7 Å². The van der Waals surface area contributed by atoms with Crippen molar-refractivity contribution in [3.05, 3.63) is 29.8 Å². The van der Waals surface area contributed by atoms with Crippen LogP contribution >= 0.6 is 0 Å². The minimum Gasteiger partial charge on any atom is -0.497 e. The van der Waals surface area contributed by atoms with E-state index in [1.807, 2.05) is 24.3 Å². The Bertz CT molecular complexity index is 413. The van der Waals surface area contributed by atoms with E-state index in [-0.39, 0.29) is 6.04 Å². The van der Waals surface area contributed by atoms with Crippen LogP contribution in [0.1, 0.15) is 51.2 Å². The Labute approximate surface area is 122 Å². The van der Waals surface area contributed by atoms with E-state index in [4.69, 9.17) is 4.74 Å². The van der Waals surface area contributed by atoms with Gasteiger partial charge in [-0.15, -0.1) is 0 Å². The molecule has 1 saturated carbocycles. The van der Waals surface area contributed by atoms with E-state index in [0.717, 1.165) is 11.3 Å². The van der Waals surface area contributed by atoms with Crippen molar-refractivity contribution in [2.75, 3.05) is 7.11 Å². The molecule has 0 spiro atoms. The molecule has 0 aliphatic heterocycles. The highest BCUT2D eigenvalue weighted by Gasteiger charge is 2.28. The Morgan fingerprint density at radius 2 is 1.95 bits per heavy atom. The molecule has 0 aromatic heterocycles. The number of rotatable bonds is 6. The number of aliphatic hydroxyl groups excluding tert-OH is 1. The van der Waals surface area contributed by atoms with Crippen LogP contribution in [0.5, 0.6) is 5.75 Å². The summed E-state index contributed by atoms with van der Waals surface area (Å²) in [6.07, 6.45) is 4.57. The Kier molecular flexibility index (Phi) is 5.44. The number of methoxy groups -OCH3 is 1. The van der Waals surface area contributed by atoms with Crippen molar-refractivity contribution in [3.63, 3.8) is 0 Å². The van der Waals surface area contributed by atoms with E-state index in [1.54, 1.807) is 7.11 Å². The third-order valence-corrected chi connectivity index (χ3v) is 4.28. The van der Waals surface area contributed by atoms with Gasteiger partial charge < -0.3 is 15.2 Å². The minimum absolute atomic E-state index is 0.0882. The predicted molar refractivity (Wildman–Crippen MR) is 82.0 cm³/mol. The zero-order valence-electron chi connectivity index (χ0n) is 12.8. The van der Waals surface area contributed by atoms with Gasteiger partial charge in [-0.05, 0) is 36.5 Å². The van der Waals surface area contributed by atoms with Crippen molar-refractivity contribution < 1.29 is 9.84 Å².